The summed E-state index contributed by atoms with van der Waals surface area (Å²) in [7, 11) is 2.12. The Morgan fingerprint density at radius 1 is 1.64 bits per heavy atom. The van der Waals surface area contributed by atoms with Crippen molar-refractivity contribution in [3.63, 3.8) is 0 Å². The van der Waals surface area contributed by atoms with Crippen molar-refractivity contribution in [2.75, 3.05) is 20.1 Å². The maximum atomic E-state index is 5.89. The van der Waals surface area contributed by atoms with Crippen molar-refractivity contribution in [2.24, 2.45) is 5.73 Å². The van der Waals surface area contributed by atoms with Gasteiger partial charge in [0.05, 0.1) is 4.34 Å². The highest BCUT2D eigenvalue weighted by Gasteiger charge is 2.12. The lowest BCUT2D eigenvalue weighted by molar-refractivity contribution is 0.260. The van der Waals surface area contributed by atoms with E-state index in [1.165, 1.54) is 5.56 Å². The van der Waals surface area contributed by atoms with Crippen molar-refractivity contribution in [3.05, 3.63) is 21.3 Å². The lowest BCUT2D eigenvalue weighted by Gasteiger charge is -2.23. The lowest BCUT2D eigenvalue weighted by Crippen LogP contribution is -2.24. The van der Waals surface area contributed by atoms with Gasteiger partial charge < -0.3 is 5.73 Å². The van der Waals surface area contributed by atoms with Crippen LogP contribution < -0.4 is 5.73 Å². The summed E-state index contributed by atoms with van der Waals surface area (Å²) in [6, 6.07) is 2.46. The van der Waals surface area contributed by atoms with E-state index < -0.39 is 0 Å². The van der Waals surface area contributed by atoms with Crippen LogP contribution in [0.15, 0.2) is 11.4 Å². The van der Waals surface area contributed by atoms with Crippen LogP contribution in [0, 0.1) is 0 Å². The Morgan fingerprint density at radius 2 is 2.36 bits per heavy atom. The van der Waals surface area contributed by atoms with Crippen LogP contribution in [-0.2, 0) is 0 Å². The first-order chi connectivity index (χ1) is 6.65. The fraction of sp³-hybridized carbons (Fsp3) is 0.600. The third-order valence-electron chi connectivity index (χ3n) is 2.45. The molecule has 0 bridgehead atoms. The van der Waals surface area contributed by atoms with E-state index in [-0.39, 0.29) is 0 Å². The van der Waals surface area contributed by atoms with Gasteiger partial charge in [-0.1, -0.05) is 11.6 Å². The Hall–Kier alpha value is -0.0900. The standard InChI is InChI=1S/C10H17ClN2S/c1-8(13(2)5-3-4-12)9-6-10(11)14-7-9/h6-8H,3-5,12H2,1-2H3. The molecule has 2 N–H and O–H groups in total. The average Bonchev–Trinajstić information content (AvgIpc) is 2.60. The van der Waals surface area contributed by atoms with Crippen LogP contribution in [0.3, 0.4) is 0 Å². The van der Waals surface area contributed by atoms with Gasteiger partial charge in [-0.05, 0) is 50.5 Å². The minimum Gasteiger partial charge on any atom is -0.330 e. The predicted molar refractivity (Wildman–Crippen MR) is 64.0 cm³/mol. The second-order valence-corrected chi connectivity index (χ2v) is 5.03. The van der Waals surface area contributed by atoms with Crippen molar-refractivity contribution in [1.29, 1.82) is 0 Å². The van der Waals surface area contributed by atoms with E-state index in [4.69, 9.17) is 17.3 Å². The largest absolute Gasteiger partial charge is 0.330 e. The molecule has 0 spiro atoms. The molecule has 0 saturated carbocycles. The van der Waals surface area contributed by atoms with E-state index in [1.807, 2.05) is 6.07 Å². The van der Waals surface area contributed by atoms with Crippen LogP contribution >= 0.6 is 22.9 Å². The van der Waals surface area contributed by atoms with Gasteiger partial charge >= 0.3 is 0 Å². The SMILES string of the molecule is CC(c1csc(Cl)c1)N(C)CCCN. The normalized spacial score (nSPS) is 13.5. The Kier molecular flexibility index (Phi) is 4.89. The number of hydrogen-bond acceptors (Lipinski definition) is 3. The highest BCUT2D eigenvalue weighted by Crippen LogP contribution is 2.27. The monoisotopic (exact) mass is 232 g/mol. The molecule has 0 aliphatic rings. The van der Waals surface area contributed by atoms with Gasteiger partial charge in [0.25, 0.3) is 0 Å². The number of hydrogen-bond donors (Lipinski definition) is 1. The molecule has 1 atom stereocenters. The van der Waals surface area contributed by atoms with Gasteiger partial charge in [-0.3, -0.25) is 4.90 Å². The molecular formula is C10H17ClN2S. The molecule has 1 rings (SSSR count). The molecule has 1 heterocycles. The maximum absolute atomic E-state index is 5.89. The topological polar surface area (TPSA) is 29.3 Å². The van der Waals surface area contributed by atoms with Crippen molar-refractivity contribution < 1.29 is 0 Å². The Labute approximate surface area is 94.7 Å². The number of nitrogens with zero attached hydrogens (tertiary/aromatic N) is 1. The molecule has 0 aliphatic heterocycles. The molecule has 0 saturated heterocycles. The van der Waals surface area contributed by atoms with Crippen LogP contribution in [-0.4, -0.2) is 25.0 Å². The zero-order chi connectivity index (χ0) is 10.6. The highest BCUT2D eigenvalue weighted by molar-refractivity contribution is 7.14. The molecule has 1 aromatic heterocycles. The van der Waals surface area contributed by atoms with E-state index in [0.717, 1.165) is 23.8 Å². The molecule has 1 unspecified atom stereocenters. The van der Waals surface area contributed by atoms with Gasteiger partial charge in [0.2, 0.25) is 0 Å². The van der Waals surface area contributed by atoms with Crippen LogP contribution in [0.25, 0.3) is 0 Å². The molecule has 14 heavy (non-hydrogen) atoms. The van der Waals surface area contributed by atoms with Crippen molar-refractivity contribution >= 4 is 22.9 Å². The maximum Gasteiger partial charge on any atom is 0.0931 e. The van der Waals surface area contributed by atoms with E-state index in [1.54, 1.807) is 11.3 Å². The van der Waals surface area contributed by atoms with Crippen molar-refractivity contribution in [3.8, 4) is 0 Å². The minimum absolute atomic E-state index is 0.422. The molecule has 2 nitrogen and oxygen atoms in total. The minimum atomic E-state index is 0.422. The number of thiophene rings is 1. The fourth-order valence-electron chi connectivity index (χ4n) is 1.33. The highest BCUT2D eigenvalue weighted by atomic mass is 35.5. The smallest absolute Gasteiger partial charge is 0.0931 e. The molecule has 0 aromatic carbocycles. The summed E-state index contributed by atoms with van der Waals surface area (Å²) < 4.78 is 0.860. The summed E-state index contributed by atoms with van der Waals surface area (Å²) in [6.07, 6.45) is 1.04. The van der Waals surface area contributed by atoms with Gasteiger partial charge in [0.1, 0.15) is 0 Å². The number of nitrogens with two attached hydrogens (primary N) is 1. The zero-order valence-electron chi connectivity index (χ0n) is 8.66. The van der Waals surface area contributed by atoms with E-state index in [2.05, 4.69) is 24.3 Å². The quantitative estimate of drug-likeness (QED) is 0.846. The third kappa shape index (κ3) is 3.24. The van der Waals surface area contributed by atoms with Crippen molar-refractivity contribution in [2.45, 2.75) is 19.4 Å². The van der Waals surface area contributed by atoms with Gasteiger partial charge in [-0.2, -0.15) is 0 Å². The molecule has 80 valence electrons. The summed E-state index contributed by atoms with van der Waals surface area (Å²) in [5.74, 6) is 0. The van der Waals surface area contributed by atoms with Gasteiger partial charge in [0, 0.05) is 6.04 Å². The van der Waals surface area contributed by atoms with E-state index in [0.29, 0.717) is 6.04 Å². The predicted octanol–water partition coefficient (Wildman–Crippen LogP) is 2.74. The average molecular weight is 233 g/mol. The number of rotatable bonds is 5. The molecule has 0 fully saturated rings. The molecule has 0 aliphatic carbocycles. The van der Waals surface area contributed by atoms with E-state index >= 15 is 0 Å². The summed E-state index contributed by atoms with van der Waals surface area (Å²) in [6.45, 7) is 3.97. The Bertz CT molecular complexity index is 275. The summed E-state index contributed by atoms with van der Waals surface area (Å²) in [5, 5.41) is 2.12. The summed E-state index contributed by atoms with van der Waals surface area (Å²) in [4.78, 5) is 2.30. The van der Waals surface area contributed by atoms with Crippen LogP contribution in [0.1, 0.15) is 24.9 Å². The zero-order valence-corrected chi connectivity index (χ0v) is 10.2. The van der Waals surface area contributed by atoms with Gasteiger partial charge in [0.15, 0.2) is 0 Å². The molecule has 4 heteroatoms. The Balaban J connectivity index is 2.51. The first kappa shape index (κ1) is 12.0. The molecular weight excluding hydrogens is 216 g/mol. The van der Waals surface area contributed by atoms with Crippen LogP contribution in [0.5, 0.6) is 0 Å². The van der Waals surface area contributed by atoms with E-state index in [9.17, 15) is 0 Å². The first-order valence-corrected chi connectivity index (χ1v) is 6.05. The molecule has 0 radical (unpaired) electrons. The van der Waals surface area contributed by atoms with Gasteiger partial charge in [-0.25, -0.2) is 0 Å². The van der Waals surface area contributed by atoms with Crippen LogP contribution in [0.4, 0.5) is 0 Å². The third-order valence-corrected chi connectivity index (χ3v) is 3.56. The second kappa shape index (κ2) is 5.71. The Morgan fingerprint density at radius 3 is 2.86 bits per heavy atom. The fourth-order valence-corrected chi connectivity index (χ4v) is 2.31. The van der Waals surface area contributed by atoms with Gasteiger partial charge in [-0.15, -0.1) is 11.3 Å². The van der Waals surface area contributed by atoms with Crippen molar-refractivity contribution in [1.82, 2.24) is 4.90 Å². The first-order valence-electron chi connectivity index (χ1n) is 4.79. The summed E-state index contributed by atoms with van der Waals surface area (Å²) in [5.41, 5.74) is 6.77. The second-order valence-electron chi connectivity index (χ2n) is 3.48. The number of halogens is 1. The molecule has 0 amide bonds. The van der Waals surface area contributed by atoms with Crippen LogP contribution in [0.2, 0.25) is 4.34 Å². The lowest BCUT2D eigenvalue weighted by atomic mass is 10.1. The summed E-state index contributed by atoms with van der Waals surface area (Å²) >= 11 is 7.48. The molecule has 1 aromatic rings.